The molecule has 0 spiro atoms. The molecule has 1 aromatic carbocycles. The standard InChI is InChI=1S/C17H21N3O.HI/c1-18-17(19-12-16-8-5-11-21-16)20-10-9-15(13-20)14-6-3-2-4-7-14;/h2-8,11,15H,9-10,12-13H2,1H3,(H,18,19);1H. The average Bonchev–Trinajstić information content (AvgIpc) is 3.20. The molecular weight excluding hydrogens is 389 g/mol. The Kier molecular flexibility index (Phi) is 6.30. The molecule has 0 amide bonds. The third kappa shape index (κ3) is 4.03. The van der Waals surface area contributed by atoms with Crippen molar-refractivity contribution in [1.29, 1.82) is 0 Å². The molecule has 3 rings (SSSR count). The van der Waals surface area contributed by atoms with Crippen molar-refractivity contribution in [3.8, 4) is 0 Å². The molecule has 1 aliphatic heterocycles. The average molecular weight is 411 g/mol. The van der Waals surface area contributed by atoms with Crippen LogP contribution in [-0.2, 0) is 6.54 Å². The molecule has 1 unspecified atom stereocenters. The zero-order chi connectivity index (χ0) is 14.5. The predicted octanol–water partition coefficient (Wildman–Crippen LogP) is 3.46. The van der Waals surface area contributed by atoms with Crippen LogP contribution in [0.25, 0.3) is 0 Å². The van der Waals surface area contributed by atoms with E-state index in [1.807, 2.05) is 19.2 Å². The minimum absolute atomic E-state index is 0. The Labute approximate surface area is 148 Å². The summed E-state index contributed by atoms with van der Waals surface area (Å²) in [6, 6.07) is 14.6. The lowest BCUT2D eigenvalue weighted by atomic mass is 9.99. The lowest BCUT2D eigenvalue weighted by Gasteiger charge is -2.21. The van der Waals surface area contributed by atoms with Gasteiger partial charge >= 0.3 is 0 Å². The van der Waals surface area contributed by atoms with E-state index in [-0.39, 0.29) is 24.0 Å². The molecule has 22 heavy (non-hydrogen) atoms. The summed E-state index contributed by atoms with van der Waals surface area (Å²) in [4.78, 5) is 6.71. The highest BCUT2D eigenvalue weighted by atomic mass is 127. The van der Waals surface area contributed by atoms with Gasteiger partial charge in [-0.3, -0.25) is 4.99 Å². The zero-order valence-electron chi connectivity index (χ0n) is 12.7. The lowest BCUT2D eigenvalue weighted by Crippen LogP contribution is -2.39. The maximum atomic E-state index is 5.35. The first-order valence-electron chi connectivity index (χ1n) is 7.40. The topological polar surface area (TPSA) is 40.8 Å². The number of nitrogens with zero attached hydrogens (tertiary/aromatic N) is 2. The number of guanidine groups is 1. The van der Waals surface area contributed by atoms with Gasteiger partial charge in [-0.1, -0.05) is 30.3 Å². The fourth-order valence-electron chi connectivity index (χ4n) is 2.86. The summed E-state index contributed by atoms with van der Waals surface area (Å²) < 4.78 is 5.35. The number of hydrogen-bond acceptors (Lipinski definition) is 2. The molecule has 0 aliphatic carbocycles. The Hall–Kier alpha value is -1.50. The number of aliphatic imine (C=N–C) groups is 1. The van der Waals surface area contributed by atoms with Crippen LogP contribution in [0.1, 0.15) is 23.7 Å². The van der Waals surface area contributed by atoms with E-state index in [0.717, 1.165) is 24.8 Å². The van der Waals surface area contributed by atoms with E-state index in [4.69, 9.17) is 4.42 Å². The van der Waals surface area contributed by atoms with Gasteiger partial charge in [0.15, 0.2) is 5.96 Å². The molecule has 1 N–H and O–H groups in total. The second-order valence-corrected chi connectivity index (χ2v) is 5.32. The fraction of sp³-hybridized carbons (Fsp3) is 0.353. The van der Waals surface area contributed by atoms with Gasteiger partial charge in [0, 0.05) is 26.1 Å². The number of benzene rings is 1. The minimum Gasteiger partial charge on any atom is -0.467 e. The Bertz CT molecular complexity index is 583. The normalized spacial score (nSPS) is 18.1. The van der Waals surface area contributed by atoms with Gasteiger partial charge < -0.3 is 14.6 Å². The summed E-state index contributed by atoms with van der Waals surface area (Å²) in [7, 11) is 1.83. The van der Waals surface area contributed by atoms with Crippen LogP contribution >= 0.6 is 24.0 Å². The quantitative estimate of drug-likeness (QED) is 0.478. The maximum Gasteiger partial charge on any atom is 0.194 e. The number of furan rings is 1. The van der Waals surface area contributed by atoms with Crippen LogP contribution in [0.4, 0.5) is 0 Å². The molecule has 0 saturated carbocycles. The molecule has 0 radical (unpaired) electrons. The number of hydrogen-bond donors (Lipinski definition) is 1. The summed E-state index contributed by atoms with van der Waals surface area (Å²) in [5.74, 6) is 2.47. The smallest absolute Gasteiger partial charge is 0.194 e. The molecule has 1 atom stereocenters. The van der Waals surface area contributed by atoms with Crippen LogP contribution in [0, 0.1) is 0 Å². The van der Waals surface area contributed by atoms with Crippen LogP contribution in [0.5, 0.6) is 0 Å². The van der Waals surface area contributed by atoms with E-state index >= 15 is 0 Å². The van der Waals surface area contributed by atoms with E-state index < -0.39 is 0 Å². The summed E-state index contributed by atoms with van der Waals surface area (Å²) in [5, 5.41) is 3.37. The van der Waals surface area contributed by atoms with E-state index in [1.54, 1.807) is 6.26 Å². The molecule has 1 aromatic heterocycles. The van der Waals surface area contributed by atoms with Crippen molar-refractivity contribution in [2.45, 2.75) is 18.9 Å². The minimum atomic E-state index is 0. The van der Waals surface area contributed by atoms with Crippen LogP contribution < -0.4 is 5.32 Å². The number of rotatable bonds is 3. The highest BCUT2D eigenvalue weighted by molar-refractivity contribution is 14.0. The van der Waals surface area contributed by atoms with Gasteiger partial charge in [0.05, 0.1) is 12.8 Å². The van der Waals surface area contributed by atoms with Crippen molar-refractivity contribution < 1.29 is 4.42 Å². The van der Waals surface area contributed by atoms with Gasteiger partial charge in [0.2, 0.25) is 0 Å². The van der Waals surface area contributed by atoms with Crippen LogP contribution in [0.3, 0.4) is 0 Å². The van der Waals surface area contributed by atoms with Gasteiger partial charge in [0.25, 0.3) is 0 Å². The highest BCUT2D eigenvalue weighted by Crippen LogP contribution is 2.26. The Morgan fingerprint density at radius 2 is 2.09 bits per heavy atom. The molecule has 1 aliphatic rings. The Balaban J connectivity index is 0.00000176. The highest BCUT2D eigenvalue weighted by Gasteiger charge is 2.25. The van der Waals surface area contributed by atoms with E-state index in [1.165, 1.54) is 12.0 Å². The number of likely N-dealkylation sites (tertiary alicyclic amines) is 1. The van der Waals surface area contributed by atoms with Crippen LogP contribution in [0.2, 0.25) is 0 Å². The monoisotopic (exact) mass is 411 g/mol. The molecule has 0 bridgehead atoms. The van der Waals surface area contributed by atoms with Crippen LogP contribution in [0.15, 0.2) is 58.1 Å². The SMILES string of the molecule is CN=C(NCc1ccco1)N1CCC(c2ccccc2)C1.I. The van der Waals surface area contributed by atoms with Gasteiger partial charge in [-0.05, 0) is 24.1 Å². The fourth-order valence-corrected chi connectivity index (χ4v) is 2.86. The van der Waals surface area contributed by atoms with E-state index in [2.05, 4.69) is 45.5 Å². The van der Waals surface area contributed by atoms with Crippen molar-refractivity contribution in [3.63, 3.8) is 0 Å². The molecular formula is C17H22IN3O. The number of nitrogens with one attached hydrogen (secondary N) is 1. The molecule has 1 saturated heterocycles. The lowest BCUT2D eigenvalue weighted by molar-refractivity contribution is 0.465. The summed E-state index contributed by atoms with van der Waals surface area (Å²) in [6.45, 7) is 2.73. The van der Waals surface area contributed by atoms with Crippen molar-refractivity contribution in [1.82, 2.24) is 10.2 Å². The third-order valence-electron chi connectivity index (χ3n) is 3.97. The molecule has 2 aromatic rings. The third-order valence-corrected chi connectivity index (χ3v) is 3.97. The van der Waals surface area contributed by atoms with E-state index in [0.29, 0.717) is 12.5 Å². The Morgan fingerprint density at radius 1 is 1.27 bits per heavy atom. The largest absolute Gasteiger partial charge is 0.467 e. The molecule has 4 nitrogen and oxygen atoms in total. The van der Waals surface area contributed by atoms with Crippen molar-refractivity contribution in [2.24, 2.45) is 4.99 Å². The summed E-state index contributed by atoms with van der Waals surface area (Å²) >= 11 is 0. The second-order valence-electron chi connectivity index (χ2n) is 5.32. The van der Waals surface area contributed by atoms with Gasteiger partial charge in [-0.25, -0.2) is 0 Å². The maximum absolute atomic E-state index is 5.35. The first kappa shape index (κ1) is 16.9. The molecule has 2 heterocycles. The van der Waals surface area contributed by atoms with Crippen molar-refractivity contribution in [2.75, 3.05) is 20.1 Å². The van der Waals surface area contributed by atoms with Crippen LogP contribution in [-0.4, -0.2) is 31.0 Å². The van der Waals surface area contributed by atoms with E-state index in [9.17, 15) is 0 Å². The van der Waals surface area contributed by atoms with Gasteiger partial charge in [-0.2, -0.15) is 0 Å². The number of halogens is 1. The molecule has 118 valence electrons. The summed E-state index contributed by atoms with van der Waals surface area (Å²) in [6.07, 6.45) is 2.87. The molecule has 1 fully saturated rings. The van der Waals surface area contributed by atoms with Gasteiger partial charge in [0.1, 0.15) is 5.76 Å². The first-order valence-corrected chi connectivity index (χ1v) is 7.40. The van der Waals surface area contributed by atoms with Gasteiger partial charge in [-0.15, -0.1) is 24.0 Å². The Morgan fingerprint density at radius 3 is 2.77 bits per heavy atom. The van der Waals surface area contributed by atoms with Crippen molar-refractivity contribution >= 4 is 29.9 Å². The predicted molar refractivity (Wildman–Crippen MR) is 99.7 cm³/mol. The van der Waals surface area contributed by atoms with Crippen molar-refractivity contribution in [3.05, 3.63) is 60.1 Å². The summed E-state index contributed by atoms with van der Waals surface area (Å²) in [5.41, 5.74) is 1.42. The first-order chi connectivity index (χ1) is 10.4. The zero-order valence-corrected chi connectivity index (χ0v) is 15.1. The second kappa shape index (κ2) is 8.22. The molecule has 5 heteroatoms.